The summed E-state index contributed by atoms with van der Waals surface area (Å²) in [6, 6.07) is 5.89. The summed E-state index contributed by atoms with van der Waals surface area (Å²) in [5.41, 5.74) is 1.72. The minimum Gasteiger partial charge on any atom is -0.495 e. The minimum atomic E-state index is -3.20. The average molecular weight is 458 g/mol. The number of nitrogens with zero attached hydrogens (tertiary/aromatic N) is 4. The van der Waals surface area contributed by atoms with Crippen molar-refractivity contribution in [3.63, 3.8) is 0 Å². The van der Waals surface area contributed by atoms with Crippen molar-refractivity contribution in [1.82, 2.24) is 24.5 Å². The summed E-state index contributed by atoms with van der Waals surface area (Å²) in [6.07, 6.45) is 6.30. The fourth-order valence-corrected chi connectivity index (χ4v) is 6.46. The van der Waals surface area contributed by atoms with Gasteiger partial charge in [0, 0.05) is 41.3 Å². The quantitative estimate of drug-likeness (QED) is 0.516. The highest BCUT2D eigenvalue weighted by Gasteiger charge is 2.45. The van der Waals surface area contributed by atoms with E-state index >= 15 is 0 Å². The number of pyridine rings is 2. The summed E-state index contributed by atoms with van der Waals surface area (Å²) in [5.74, 6) is 2.65. The van der Waals surface area contributed by atoms with E-state index in [1.54, 1.807) is 17.6 Å². The average Bonchev–Trinajstić information content (AvgIpc) is 3.28. The van der Waals surface area contributed by atoms with E-state index in [0.717, 1.165) is 42.3 Å². The molecular weight excluding hydrogens is 430 g/mol. The zero-order valence-corrected chi connectivity index (χ0v) is 19.1. The van der Waals surface area contributed by atoms with E-state index in [1.807, 2.05) is 25.1 Å². The molecule has 2 aliphatic rings. The Hall–Kier alpha value is -2.92. The predicted molar refractivity (Wildman–Crippen MR) is 123 cm³/mol. The van der Waals surface area contributed by atoms with Gasteiger partial charge in [0.25, 0.3) is 0 Å². The predicted octanol–water partition coefficient (Wildman–Crippen LogP) is 2.78. The largest absolute Gasteiger partial charge is 0.495 e. The van der Waals surface area contributed by atoms with Gasteiger partial charge in [0.2, 0.25) is 10.0 Å². The van der Waals surface area contributed by atoms with E-state index in [1.165, 1.54) is 6.26 Å². The van der Waals surface area contributed by atoms with Crippen LogP contribution in [0.1, 0.15) is 31.4 Å². The van der Waals surface area contributed by atoms with Crippen molar-refractivity contribution < 1.29 is 13.2 Å². The molecule has 2 saturated heterocycles. The molecule has 2 fully saturated rings. The number of methoxy groups -OCH3 is 1. The molecule has 1 unspecified atom stereocenters. The number of sulfonamides is 1. The van der Waals surface area contributed by atoms with E-state index in [9.17, 15) is 8.42 Å². The SMILES string of the molecule is COc1cnc2cc(Nc3cc(C)[nH]n3)nc(NC3C[C@H]4CC[C@@H](C3)N4S(C)(=O)=O)c2c1. The molecule has 170 valence electrons. The van der Waals surface area contributed by atoms with Gasteiger partial charge in [-0.15, -0.1) is 0 Å². The maximum atomic E-state index is 12.2. The number of ether oxygens (including phenoxy) is 1. The van der Waals surface area contributed by atoms with Crippen molar-refractivity contribution >= 4 is 38.4 Å². The highest BCUT2D eigenvalue weighted by molar-refractivity contribution is 7.88. The van der Waals surface area contributed by atoms with Crippen LogP contribution < -0.4 is 15.4 Å². The molecule has 2 aliphatic heterocycles. The van der Waals surface area contributed by atoms with Crippen LogP contribution in [-0.4, -0.2) is 64.4 Å². The molecule has 11 heteroatoms. The Morgan fingerprint density at radius 1 is 1.16 bits per heavy atom. The number of anilines is 3. The number of hydrogen-bond acceptors (Lipinski definition) is 8. The fourth-order valence-electron chi connectivity index (χ4n) is 4.99. The molecule has 3 aromatic rings. The van der Waals surface area contributed by atoms with Gasteiger partial charge in [-0.25, -0.2) is 13.4 Å². The number of aromatic amines is 1. The third-order valence-electron chi connectivity index (χ3n) is 6.24. The third kappa shape index (κ3) is 3.97. The summed E-state index contributed by atoms with van der Waals surface area (Å²) in [4.78, 5) is 9.35. The molecule has 0 spiro atoms. The van der Waals surface area contributed by atoms with Crippen LogP contribution in [0.3, 0.4) is 0 Å². The molecule has 0 amide bonds. The first kappa shape index (κ1) is 21.0. The van der Waals surface area contributed by atoms with Crippen LogP contribution in [0.25, 0.3) is 10.9 Å². The van der Waals surface area contributed by atoms with Gasteiger partial charge in [0.15, 0.2) is 5.82 Å². The number of H-pyrrole nitrogens is 1. The molecule has 32 heavy (non-hydrogen) atoms. The molecule has 3 N–H and O–H groups in total. The van der Waals surface area contributed by atoms with E-state index in [-0.39, 0.29) is 18.1 Å². The fraction of sp³-hybridized carbons (Fsp3) is 0.476. The first-order valence-corrected chi connectivity index (χ1v) is 12.5. The monoisotopic (exact) mass is 457 g/mol. The molecule has 0 saturated carbocycles. The van der Waals surface area contributed by atoms with Gasteiger partial charge in [-0.2, -0.15) is 9.40 Å². The smallest absolute Gasteiger partial charge is 0.211 e. The van der Waals surface area contributed by atoms with E-state index in [4.69, 9.17) is 9.72 Å². The molecule has 3 atom stereocenters. The summed E-state index contributed by atoms with van der Waals surface area (Å²) < 4.78 is 31.5. The van der Waals surface area contributed by atoms with Gasteiger partial charge < -0.3 is 15.4 Å². The maximum Gasteiger partial charge on any atom is 0.211 e. The molecule has 5 heterocycles. The van der Waals surface area contributed by atoms with Crippen LogP contribution in [0.4, 0.5) is 17.5 Å². The van der Waals surface area contributed by atoms with Crippen LogP contribution in [0.2, 0.25) is 0 Å². The molecule has 5 rings (SSSR count). The Balaban J connectivity index is 1.46. The lowest BCUT2D eigenvalue weighted by molar-refractivity contribution is 0.236. The van der Waals surface area contributed by atoms with Crippen molar-refractivity contribution in [2.45, 2.75) is 50.7 Å². The van der Waals surface area contributed by atoms with Crippen molar-refractivity contribution in [2.24, 2.45) is 0 Å². The number of aromatic nitrogens is 4. The number of nitrogens with one attached hydrogen (secondary N) is 3. The zero-order chi connectivity index (χ0) is 22.5. The summed E-state index contributed by atoms with van der Waals surface area (Å²) in [7, 11) is -1.59. The molecule has 0 radical (unpaired) electrons. The zero-order valence-electron chi connectivity index (χ0n) is 18.3. The standard InChI is InChI=1S/C21H27N7O3S/c1-12-6-20(27-26-12)24-19-10-18-17(9-16(31-2)11-22-18)21(25-19)23-13-7-14-4-5-15(8-13)28(14)32(3,29)30/h6,9-11,13-15H,4-5,7-8H2,1-3H3,(H3,23,24,25,26,27)/t13?,14-,15+. The maximum absolute atomic E-state index is 12.2. The first-order chi connectivity index (χ1) is 15.3. The summed E-state index contributed by atoms with van der Waals surface area (Å²) in [5, 5.41) is 14.8. The molecule has 10 nitrogen and oxygen atoms in total. The Labute approximate surface area is 186 Å². The van der Waals surface area contributed by atoms with Gasteiger partial charge in [-0.05, 0) is 38.7 Å². The Morgan fingerprint density at radius 2 is 1.91 bits per heavy atom. The number of aryl methyl sites for hydroxylation is 1. The van der Waals surface area contributed by atoms with Gasteiger partial charge in [-0.1, -0.05) is 0 Å². The second kappa shape index (κ2) is 7.89. The summed E-state index contributed by atoms with van der Waals surface area (Å²) in [6.45, 7) is 1.93. The van der Waals surface area contributed by atoms with Crippen molar-refractivity contribution in [1.29, 1.82) is 0 Å². The molecular formula is C21H27N7O3S. The molecule has 0 aliphatic carbocycles. The van der Waals surface area contributed by atoms with Crippen LogP contribution >= 0.6 is 0 Å². The topological polar surface area (TPSA) is 125 Å². The van der Waals surface area contributed by atoms with Crippen molar-refractivity contribution in [3.8, 4) is 5.75 Å². The second-order valence-corrected chi connectivity index (χ2v) is 10.5. The number of rotatable bonds is 6. The van der Waals surface area contributed by atoms with Gasteiger partial charge in [0.05, 0.1) is 25.1 Å². The van der Waals surface area contributed by atoms with E-state index < -0.39 is 10.0 Å². The minimum absolute atomic E-state index is 0.0357. The normalized spacial score (nSPS) is 23.4. The number of hydrogen-bond donors (Lipinski definition) is 3. The first-order valence-electron chi connectivity index (χ1n) is 10.7. The lowest BCUT2D eigenvalue weighted by Crippen LogP contribution is -2.49. The lowest BCUT2D eigenvalue weighted by atomic mass is 9.99. The third-order valence-corrected chi connectivity index (χ3v) is 7.60. The number of fused-ring (bicyclic) bond motifs is 3. The number of piperidine rings is 1. The highest BCUT2D eigenvalue weighted by atomic mass is 32.2. The van der Waals surface area contributed by atoms with Crippen LogP contribution in [-0.2, 0) is 10.0 Å². The van der Waals surface area contributed by atoms with Crippen LogP contribution in [0.5, 0.6) is 5.75 Å². The van der Waals surface area contributed by atoms with E-state index in [2.05, 4.69) is 25.8 Å². The van der Waals surface area contributed by atoms with Crippen molar-refractivity contribution in [3.05, 3.63) is 30.1 Å². The molecule has 3 aromatic heterocycles. The highest BCUT2D eigenvalue weighted by Crippen LogP contribution is 2.39. The molecule has 2 bridgehead atoms. The molecule has 0 aromatic carbocycles. The van der Waals surface area contributed by atoms with Gasteiger partial charge >= 0.3 is 0 Å². The summed E-state index contributed by atoms with van der Waals surface area (Å²) >= 11 is 0. The van der Waals surface area contributed by atoms with Crippen LogP contribution in [0, 0.1) is 6.92 Å². The van der Waals surface area contributed by atoms with Gasteiger partial charge in [0.1, 0.15) is 17.4 Å². The van der Waals surface area contributed by atoms with Gasteiger partial charge in [-0.3, -0.25) is 10.1 Å². The van der Waals surface area contributed by atoms with Crippen LogP contribution in [0.15, 0.2) is 24.4 Å². The van der Waals surface area contributed by atoms with Crippen molar-refractivity contribution in [2.75, 3.05) is 24.0 Å². The second-order valence-electron chi connectivity index (χ2n) is 8.65. The Kier molecular flexibility index (Phi) is 5.17. The Bertz CT molecular complexity index is 1250. The lowest BCUT2D eigenvalue weighted by Gasteiger charge is -2.37. The van der Waals surface area contributed by atoms with E-state index in [0.29, 0.717) is 23.2 Å². The Morgan fingerprint density at radius 3 is 2.53 bits per heavy atom.